The highest BCUT2D eigenvalue weighted by atomic mass is 16.5. The average Bonchev–Trinajstić information content (AvgIpc) is 2.94. The molecular weight excluding hydrogens is 464 g/mol. The van der Waals surface area contributed by atoms with E-state index in [1.165, 1.54) is 5.56 Å². The summed E-state index contributed by atoms with van der Waals surface area (Å²) in [6.07, 6.45) is 2.12. The second-order valence-corrected chi connectivity index (χ2v) is 9.18. The largest absolute Gasteiger partial charge is 0.497 e. The van der Waals surface area contributed by atoms with Crippen LogP contribution in [0.4, 0.5) is 0 Å². The maximum Gasteiger partial charge on any atom is 0.261 e. The Morgan fingerprint density at radius 2 is 1.57 bits per heavy atom. The Kier molecular flexibility index (Phi) is 10.6. The molecular formula is C31H38N2O4. The number of benzene rings is 3. The van der Waals surface area contributed by atoms with Gasteiger partial charge in [-0.2, -0.15) is 0 Å². The summed E-state index contributed by atoms with van der Waals surface area (Å²) < 4.78 is 11.3. The van der Waals surface area contributed by atoms with Gasteiger partial charge in [0, 0.05) is 19.0 Å². The summed E-state index contributed by atoms with van der Waals surface area (Å²) in [7, 11) is 1.61. The van der Waals surface area contributed by atoms with Crippen molar-refractivity contribution in [1.29, 1.82) is 0 Å². The first kappa shape index (κ1) is 27.8. The van der Waals surface area contributed by atoms with Crippen LogP contribution in [-0.2, 0) is 29.0 Å². The zero-order valence-corrected chi connectivity index (χ0v) is 22.3. The van der Waals surface area contributed by atoms with Crippen molar-refractivity contribution in [3.63, 3.8) is 0 Å². The number of hydrogen-bond acceptors (Lipinski definition) is 4. The molecule has 37 heavy (non-hydrogen) atoms. The number of aryl methyl sites for hydroxylation is 1. The minimum Gasteiger partial charge on any atom is -0.497 e. The van der Waals surface area contributed by atoms with Gasteiger partial charge in [-0.1, -0.05) is 68.4 Å². The number of ether oxygens (including phenoxy) is 2. The molecule has 0 aliphatic heterocycles. The normalized spacial score (nSPS) is 12.3. The fraction of sp³-hybridized carbons (Fsp3) is 0.355. The number of rotatable bonds is 13. The summed E-state index contributed by atoms with van der Waals surface area (Å²) in [4.78, 5) is 28.9. The summed E-state index contributed by atoms with van der Waals surface area (Å²) in [6, 6.07) is 24.3. The first-order valence-corrected chi connectivity index (χ1v) is 12.9. The first-order valence-electron chi connectivity index (χ1n) is 12.9. The summed E-state index contributed by atoms with van der Waals surface area (Å²) in [5.74, 6) is 0.876. The molecule has 0 heterocycles. The smallest absolute Gasteiger partial charge is 0.261 e. The van der Waals surface area contributed by atoms with Gasteiger partial charge in [0.1, 0.15) is 17.5 Å². The van der Waals surface area contributed by atoms with E-state index in [-0.39, 0.29) is 31.0 Å². The number of carbonyl (C=O) groups is 2. The zero-order chi connectivity index (χ0) is 26.6. The Morgan fingerprint density at radius 3 is 2.22 bits per heavy atom. The van der Waals surface area contributed by atoms with E-state index in [0.29, 0.717) is 17.9 Å². The molecule has 196 valence electrons. The van der Waals surface area contributed by atoms with Crippen molar-refractivity contribution in [1.82, 2.24) is 10.2 Å². The van der Waals surface area contributed by atoms with Crippen LogP contribution < -0.4 is 14.8 Å². The summed E-state index contributed by atoms with van der Waals surface area (Å²) in [5, 5.41) is 3.08. The van der Waals surface area contributed by atoms with Crippen molar-refractivity contribution < 1.29 is 19.1 Å². The predicted octanol–water partition coefficient (Wildman–Crippen LogP) is 5.19. The van der Waals surface area contributed by atoms with Gasteiger partial charge >= 0.3 is 0 Å². The van der Waals surface area contributed by atoms with Crippen molar-refractivity contribution in [2.45, 2.75) is 58.7 Å². The molecule has 0 aliphatic carbocycles. The van der Waals surface area contributed by atoms with E-state index in [0.717, 1.165) is 24.0 Å². The molecule has 6 heteroatoms. The molecule has 3 rings (SSSR count). The number of nitrogens with one attached hydrogen (secondary N) is 1. The van der Waals surface area contributed by atoms with Gasteiger partial charge in [-0.05, 0) is 60.7 Å². The molecule has 6 nitrogen and oxygen atoms in total. The van der Waals surface area contributed by atoms with Crippen LogP contribution in [0, 0.1) is 0 Å². The second kappa shape index (κ2) is 14.1. The lowest BCUT2D eigenvalue weighted by Gasteiger charge is -2.32. The van der Waals surface area contributed by atoms with Crippen LogP contribution in [0.1, 0.15) is 43.9 Å². The van der Waals surface area contributed by atoms with Gasteiger partial charge in [0.05, 0.1) is 7.11 Å². The minimum atomic E-state index is -0.707. The van der Waals surface area contributed by atoms with E-state index in [2.05, 4.69) is 12.2 Å². The maximum atomic E-state index is 13.7. The van der Waals surface area contributed by atoms with Crippen LogP contribution in [0.3, 0.4) is 0 Å². The SMILES string of the molecule is CCc1ccc(OCC(=O)N(Cc2cccc(OC)c2)[C@H](Cc2ccccc2)C(=O)N[C@@H](C)CC)cc1. The van der Waals surface area contributed by atoms with Gasteiger partial charge in [-0.25, -0.2) is 0 Å². The van der Waals surface area contributed by atoms with Crippen LogP contribution in [0.15, 0.2) is 78.9 Å². The highest BCUT2D eigenvalue weighted by molar-refractivity contribution is 5.88. The Morgan fingerprint density at radius 1 is 0.865 bits per heavy atom. The molecule has 3 aromatic carbocycles. The van der Waals surface area contributed by atoms with E-state index in [1.807, 2.05) is 92.7 Å². The number of hydrogen-bond donors (Lipinski definition) is 1. The van der Waals surface area contributed by atoms with E-state index in [1.54, 1.807) is 12.0 Å². The Hall–Kier alpha value is -3.80. The third-order valence-electron chi connectivity index (χ3n) is 6.45. The van der Waals surface area contributed by atoms with Crippen molar-refractivity contribution >= 4 is 11.8 Å². The van der Waals surface area contributed by atoms with E-state index in [9.17, 15) is 9.59 Å². The fourth-order valence-electron chi connectivity index (χ4n) is 4.01. The Labute approximate surface area is 220 Å². The van der Waals surface area contributed by atoms with Crippen molar-refractivity contribution in [3.05, 3.63) is 95.6 Å². The number of carbonyl (C=O) groups excluding carboxylic acids is 2. The summed E-state index contributed by atoms with van der Waals surface area (Å²) in [5.41, 5.74) is 3.05. The predicted molar refractivity (Wildman–Crippen MR) is 147 cm³/mol. The third kappa shape index (κ3) is 8.38. The average molecular weight is 503 g/mol. The molecule has 2 amide bonds. The second-order valence-electron chi connectivity index (χ2n) is 9.18. The number of methoxy groups -OCH3 is 1. The minimum absolute atomic E-state index is 0.00660. The lowest BCUT2D eigenvalue weighted by molar-refractivity contribution is -0.143. The van der Waals surface area contributed by atoms with Crippen molar-refractivity contribution in [2.75, 3.05) is 13.7 Å². The highest BCUT2D eigenvalue weighted by Gasteiger charge is 2.31. The molecule has 0 radical (unpaired) electrons. The zero-order valence-electron chi connectivity index (χ0n) is 22.3. The molecule has 0 fully saturated rings. The molecule has 0 bridgehead atoms. The van der Waals surface area contributed by atoms with Gasteiger partial charge in [0.15, 0.2) is 6.61 Å². The molecule has 0 spiro atoms. The van der Waals surface area contributed by atoms with Gasteiger partial charge in [-0.15, -0.1) is 0 Å². The van der Waals surface area contributed by atoms with Crippen molar-refractivity contribution in [2.24, 2.45) is 0 Å². The fourth-order valence-corrected chi connectivity index (χ4v) is 4.01. The number of nitrogens with zero attached hydrogens (tertiary/aromatic N) is 1. The lowest BCUT2D eigenvalue weighted by atomic mass is 10.0. The van der Waals surface area contributed by atoms with Gasteiger partial charge in [0.2, 0.25) is 5.91 Å². The van der Waals surface area contributed by atoms with Crippen LogP contribution in [0.25, 0.3) is 0 Å². The first-order chi connectivity index (χ1) is 17.9. The van der Waals surface area contributed by atoms with Crippen LogP contribution in [0.2, 0.25) is 0 Å². The topological polar surface area (TPSA) is 67.9 Å². The molecule has 3 aromatic rings. The third-order valence-corrected chi connectivity index (χ3v) is 6.45. The maximum absolute atomic E-state index is 13.7. The van der Waals surface area contributed by atoms with Gasteiger partial charge < -0.3 is 19.7 Å². The van der Waals surface area contributed by atoms with Gasteiger partial charge in [-0.3, -0.25) is 9.59 Å². The van der Waals surface area contributed by atoms with Crippen LogP contribution >= 0.6 is 0 Å². The molecule has 1 N–H and O–H groups in total. The highest BCUT2D eigenvalue weighted by Crippen LogP contribution is 2.19. The summed E-state index contributed by atoms with van der Waals surface area (Å²) in [6.45, 7) is 6.16. The monoisotopic (exact) mass is 502 g/mol. The molecule has 2 atom stereocenters. The molecule has 0 unspecified atom stereocenters. The standard InChI is InChI=1S/C31H38N2O4/c1-5-23(3)32-31(35)29(20-25-11-8-7-9-12-25)33(21-26-13-10-14-28(19-26)36-4)30(34)22-37-27-17-15-24(6-2)16-18-27/h7-19,23,29H,5-6,20-22H2,1-4H3,(H,32,35)/t23-,29+/m0/s1. The van der Waals surface area contributed by atoms with E-state index in [4.69, 9.17) is 9.47 Å². The molecule has 0 aliphatic rings. The molecule has 0 aromatic heterocycles. The Bertz CT molecular complexity index is 1130. The van der Waals surface area contributed by atoms with Crippen LogP contribution in [-0.4, -0.2) is 42.5 Å². The van der Waals surface area contributed by atoms with Crippen molar-refractivity contribution in [3.8, 4) is 11.5 Å². The molecule has 0 saturated heterocycles. The lowest BCUT2D eigenvalue weighted by Crippen LogP contribution is -2.53. The van der Waals surface area contributed by atoms with E-state index < -0.39 is 6.04 Å². The quantitative estimate of drug-likeness (QED) is 0.349. The van der Waals surface area contributed by atoms with Gasteiger partial charge in [0.25, 0.3) is 5.91 Å². The Balaban J connectivity index is 1.91. The summed E-state index contributed by atoms with van der Waals surface area (Å²) >= 11 is 0. The van der Waals surface area contributed by atoms with E-state index >= 15 is 0 Å². The van der Waals surface area contributed by atoms with Crippen LogP contribution in [0.5, 0.6) is 11.5 Å². The molecule has 0 saturated carbocycles. The number of amides is 2.